The molecule has 0 unspecified atom stereocenters. The number of carbonyl (C=O) groups excluding carboxylic acids is 1. The normalized spacial score (nSPS) is 20.6. The van der Waals surface area contributed by atoms with E-state index in [4.69, 9.17) is 4.74 Å². The SMILES string of the molecule is CCCN1C(=O)C(C)(C)COc2cc(NS(=O)(=O)C3CCCCC3)ccc21. The zero-order chi connectivity index (χ0) is 19.7. The maximum atomic E-state index is 12.9. The molecule has 6 nitrogen and oxygen atoms in total. The van der Waals surface area contributed by atoms with Gasteiger partial charge in [-0.05, 0) is 45.2 Å². The Kier molecular flexibility index (Phi) is 5.70. The summed E-state index contributed by atoms with van der Waals surface area (Å²) in [5.41, 5.74) is 0.562. The van der Waals surface area contributed by atoms with Crippen molar-refractivity contribution in [1.82, 2.24) is 0 Å². The number of carbonyl (C=O) groups is 1. The van der Waals surface area contributed by atoms with E-state index in [1.165, 1.54) is 0 Å². The molecule has 1 aliphatic heterocycles. The van der Waals surface area contributed by atoms with Gasteiger partial charge in [0.15, 0.2) is 0 Å². The summed E-state index contributed by atoms with van der Waals surface area (Å²) in [6.07, 6.45) is 5.28. The number of hydrogen-bond donors (Lipinski definition) is 1. The highest BCUT2D eigenvalue weighted by molar-refractivity contribution is 7.93. The van der Waals surface area contributed by atoms with Gasteiger partial charge in [0.25, 0.3) is 0 Å². The minimum absolute atomic E-state index is 0.0265. The molecule has 1 saturated carbocycles. The van der Waals surface area contributed by atoms with Crippen LogP contribution < -0.4 is 14.4 Å². The summed E-state index contributed by atoms with van der Waals surface area (Å²) >= 11 is 0. The molecule has 0 spiro atoms. The first-order valence-corrected chi connectivity index (χ1v) is 11.4. The van der Waals surface area contributed by atoms with E-state index < -0.39 is 15.4 Å². The number of ether oxygens (including phenoxy) is 1. The molecule has 1 fully saturated rings. The molecular formula is C20H30N2O4S. The number of benzene rings is 1. The standard InChI is InChI=1S/C20H30N2O4S/c1-4-12-22-17-11-10-15(13-18(17)26-14-20(2,3)19(22)23)21-27(24,25)16-8-6-5-7-9-16/h10-11,13,16,21H,4-9,12,14H2,1-3H3. The Bertz CT molecular complexity index is 798. The van der Waals surface area contributed by atoms with E-state index in [2.05, 4.69) is 4.72 Å². The third-order valence-corrected chi connectivity index (χ3v) is 7.23. The lowest BCUT2D eigenvalue weighted by atomic mass is 9.93. The Balaban J connectivity index is 1.88. The second kappa shape index (κ2) is 7.70. The number of anilines is 2. The second-order valence-corrected chi connectivity index (χ2v) is 10.2. The van der Waals surface area contributed by atoms with E-state index in [1.54, 1.807) is 23.1 Å². The van der Waals surface area contributed by atoms with Crippen molar-refractivity contribution in [3.8, 4) is 5.75 Å². The highest BCUT2D eigenvalue weighted by Gasteiger charge is 2.37. The molecule has 0 bridgehead atoms. The fourth-order valence-electron chi connectivity index (χ4n) is 3.78. The predicted molar refractivity (Wildman–Crippen MR) is 108 cm³/mol. The van der Waals surface area contributed by atoms with Crippen LogP contribution in [0.2, 0.25) is 0 Å². The highest BCUT2D eigenvalue weighted by atomic mass is 32.2. The van der Waals surface area contributed by atoms with Gasteiger partial charge in [0.2, 0.25) is 15.9 Å². The van der Waals surface area contributed by atoms with Crippen LogP contribution in [0, 0.1) is 5.41 Å². The molecular weight excluding hydrogens is 364 g/mol. The number of nitrogens with zero attached hydrogens (tertiary/aromatic N) is 1. The first-order chi connectivity index (χ1) is 12.7. The van der Waals surface area contributed by atoms with E-state index in [0.29, 0.717) is 36.5 Å². The van der Waals surface area contributed by atoms with Crippen LogP contribution in [0.15, 0.2) is 18.2 Å². The number of sulfonamides is 1. The summed E-state index contributed by atoms with van der Waals surface area (Å²) in [4.78, 5) is 14.6. The molecule has 3 rings (SSSR count). The van der Waals surface area contributed by atoms with Crippen LogP contribution in [0.25, 0.3) is 0 Å². The third-order valence-electron chi connectivity index (χ3n) is 5.36. The Morgan fingerprint density at radius 3 is 2.59 bits per heavy atom. The van der Waals surface area contributed by atoms with Gasteiger partial charge >= 0.3 is 0 Å². The van der Waals surface area contributed by atoms with Crippen LogP contribution in [0.1, 0.15) is 59.3 Å². The topological polar surface area (TPSA) is 75.7 Å². The van der Waals surface area contributed by atoms with Gasteiger partial charge in [0, 0.05) is 12.6 Å². The minimum atomic E-state index is -3.42. The zero-order valence-corrected chi connectivity index (χ0v) is 17.3. The predicted octanol–water partition coefficient (Wildman–Crippen LogP) is 3.92. The lowest BCUT2D eigenvalue weighted by Gasteiger charge is -2.27. The van der Waals surface area contributed by atoms with Gasteiger partial charge in [0.1, 0.15) is 12.4 Å². The lowest BCUT2D eigenvalue weighted by Crippen LogP contribution is -2.42. The number of nitrogens with one attached hydrogen (secondary N) is 1. The molecule has 0 aromatic heterocycles. The van der Waals surface area contributed by atoms with Crippen LogP contribution in [0.5, 0.6) is 5.75 Å². The van der Waals surface area contributed by atoms with Crippen molar-refractivity contribution in [1.29, 1.82) is 0 Å². The van der Waals surface area contributed by atoms with Crippen LogP contribution >= 0.6 is 0 Å². The van der Waals surface area contributed by atoms with E-state index in [-0.39, 0.29) is 17.8 Å². The number of fused-ring (bicyclic) bond motifs is 1. The van der Waals surface area contributed by atoms with Gasteiger partial charge < -0.3 is 9.64 Å². The van der Waals surface area contributed by atoms with E-state index in [1.807, 2.05) is 20.8 Å². The fourth-order valence-corrected chi connectivity index (χ4v) is 5.36. The Labute approximate surface area is 162 Å². The number of rotatable bonds is 5. The fraction of sp³-hybridized carbons (Fsp3) is 0.650. The Morgan fingerprint density at radius 2 is 1.93 bits per heavy atom. The van der Waals surface area contributed by atoms with E-state index in [9.17, 15) is 13.2 Å². The molecule has 2 aliphatic rings. The van der Waals surface area contributed by atoms with Crippen LogP contribution in [0.3, 0.4) is 0 Å². The molecule has 7 heteroatoms. The molecule has 0 atom stereocenters. The van der Waals surface area contributed by atoms with Crippen LogP contribution in [-0.2, 0) is 14.8 Å². The largest absolute Gasteiger partial charge is 0.490 e. The summed E-state index contributed by atoms with van der Waals surface area (Å²) in [5.74, 6) is 0.574. The van der Waals surface area contributed by atoms with Gasteiger partial charge in [-0.25, -0.2) is 8.42 Å². The highest BCUT2D eigenvalue weighted by Crippen LogP contribution is 2.38. The maximum absolute atomic E-state index is 12.9. The maximum Gasteiger partial charge on any atom is 0.236 e. The summed E-state index contributed by atoms with van der Waals surface area (Å²) in [7, 11) is -3.42. The lowest BCUT2D eigenvalue weighted by molar-refractivity contribution is -0.127. The summed E-state index contributed by atoms with van der Waals surface area (Å²) in [5, 5.41) is -0.330. The van der Waals surface area contributed by atoms with E-state index >= 15 is 0 Å². The van der Waals surface area contributed by atoms with Crippen molar-refractivity contribution in [3.63, 3.8) is 0 Å². The summed E-state index contributed by atoms with van der Waals surface area (Å²) < 4.78 is 34.0. The zero-order valence-electron chi connectivity index (χ0n) is 16.5. The van der Waals surface area contributed by atoms with Gasteiger partial charge in [0.05, 0.1) is 22.0 Å². The molecule has 150 valence electrons. The molecule has 1 amide bonds. The monoisotopic (exact) mass is 394 g/mol. The van der Waals surface area contributed by atoms with Crippen molar-refractivity contribution in [2.24, 2.45) is 5.41 Å². The molecule has 1 aromatic rings. The summed E-state index contributed by atoms with van der Waals surface area (Å²) in [6, 6.07) is 5.20. The van der Waals surface area contributed by atoms with Crippen LogP contribution in [0.4, 0.5) is 11.4 Å². The molecule has 0 radical (unpaired) electrons. The van der Waals surface area contributed by atoms with Gasteiger partial charge in [-0.2, -0.15) is 0 Å². The first-order valence-electron chi connectivity index (χ1n) is 9.85. The molecule has 27 heavy (non-hydrogen) atoms. The van der Waals surface area contributed by atoms with Crippen molar-refractivity contribution in [2.45, 2.75) is 64.5 Å². The van der Waals surface area contributed by atoms with Crippen molar-refractivity contribution < 1.29 is 17.9 Å². The average Bonchev–Trinajstić information content (AvgIpc) is 2.73. The van der Waals surface area contributed by atoms with Gasteiger partial charge in [-0.1, -0.05) is 26.2 Å². The molecule has 1 heterocycles. The smallest absolute Gasteiger partial charge is 0.236 e. The van der Waals surface area contributed by atoms with Crippen molar-refractivity contribution >= 4 is 27.3 Å². The van der Waals surface area contributed by atoms with Gasteiger partial charge in [-0.3, -0.25) is 9.52 Å². The number of hydrogen-bond acceptors (Lipinski definition) is 4. The minimum Gasteiger partial charge on any atom is -0.490 e. The van der Waals surface area contributed by atoms with Crippen molar-refractivity contribution in [2.75, 3.05) is 22.8 Å². The second-order valence-electron chi connectivity index (χ2n) is 8.22. The molecule has 0 saturated heterocycles. The van der Waals surface area contributed by atoms with Gasteiger partial charge in [-0.15, -0.1) is 0 Å². The van der Waals surface area contributed by atoms with Crippen molar-refractivity contribution in [3.05, 3.63) is 18.2 Å². The van der Waals surface area contributed by atoms with E-state index in [0.717, 1.165) is 25.7 Å². The molecule has 1 aliphatic carbocycles. The Morgan fingerprint density at radius 1 is 1.22 bits per heavy atom. The summed E-state index contributed by atoms with van der Waals surface area (Å²) in [6.45, 7) is 6.63. The molecule has 1 N–H and O–H groups in total. The quantitative estimate of drug-likeness (QED) is 0.821. The Hall–Kier alpha value is -1.76. The third kappa shape index (κ3) is 4.23. The first kappa shape index (κ1) is 20.0. The number of amides is 1. The average molecular weight is 395 g/mol. The molecule has 1 aromatic carbocycles. The van der Waals surface area contributed by atoms with Crippen LogP contribution in [-0.4, -0.2) is 32.7 Å².